The molecule has 0 unspecified atom stereocenters. The molecule has 0 spiro atoms. The fraction of sp³-hybridized carbons (Fsp3) is 0.273. The summed E-state index contributed by atoms with van der Waals surface area (Å²) in [4.78, 5) is 35.8. The first-order valence-electron chi connectivity index (χ1n) is 9.65. The zero-order valence-corrected chi connectivity index (χ0v) is 17.0. The summed E-state index contributed by atoms with van der Waals surface area (Å²) in [5.41, 5.74) is 2.34. The van der Waals surface area contributed by atoms with E-state index < -0.39 is 18.0 Å². The molecule has 0 aliphatic heterocycles. The maximum atomic E-state index is 12.4. The molecule has 0 saturated heterocycles. The van der Waals surface area contributed by atoms with Gasteiger partial charge in [-0.3, -0.25) is 4.79 Å². The Morgan fingerprint density at radius 1 is 1.13 bits per heavy atom. The molecular formula is C22H24N4O4. The van der Waals surface area contributed by atoms with Crippen LogP contribution in [0.2, 0.25) is 0 Å². The number of hydrogen-bond acceptors (Lipinski definition) is 4. The van der Waals surface area contributed by atoms with Gasteiger partial charge in [-0.2, -0.15) is 5.10 Å². The van der Waals surface area contributed by atoms with E-state index in [0.717, 1.165) is 5.56 Å². The Bertz CT molecular complexity index is 1150. The number of H-pyrrole nitrogens is 1. The van der Waals surface area contributed by atoms with Crippen molar-refractivity contribution in [1.82, 2.24) is 15.5 Å². The number of carbonyl (C=O) groups is 2. The molecule has 156 valence electrons. The van der Waals surface area contributed by atoms with Gasteiger partial charge in [0.1, 0.15) is 6.04 Å². The molecule has 4 N–H and O–H groups in total. The first kappa shape index (κ1) is 21.0. The Hall–Kier alpha value is -3.68. The predicted molar refractivity (Wildman–Crippen MR) is 116 cm³/mol. The number of rotatable bonds is 6. The smallest absolute Gasteiger partial charge is 0.326 e. The van der Waals surface area contributed by atoms with Gasteiger partial charge in [0, 0.05) is 16.6 Å². The van der Waals surface area contributed by atoms with Crippen molar-refractivity contribution in [2.45, 2.75) is 33.2 Å². The molecule has 8 heteroatoms. The lowest BCUT2D eigenvalue weighted by Crippen LogP contribution is -2.43. The summed E-state index contributed by atoms with van der Waals surface area (Å²) >= 11 is 0. The molecule has 0 saturated carbocycles. The summed E-state index contributed by atoms with van der Waals surface area (Å²) in [5, 5.41) is 22.5. The second-order valence-electron chi connectivity index (χ2n) is 7.60. The van der Waals surface area contributed by atoms with E-state index in [-0.39, 0.29) is 11.5 Å². The number of carbonyl (C=O) groups excluding carboxylic acids is 1. The molecule has 0 aliphatic rings. The van der Waals surface area contributed by atoms with E-state index in [0.29, 0.717) is 34.1 Å². The van der Waals surface area contributed by atoms with Gasteiger partial charge in [0.2, 0.25) is 0 Å². The largest absolute Gasteiger partial charge is 0.480 e. The van der Waals surface area contributed by atoms with Crippen LogP contribution in [0.3, 0.4) is 0 Å². The van der Waals surface area contributed by atoms with Crippen molar-refractivity contribution in [2.75, 3.05) is 5.32 Å². The topological polar surface area (TPSA) is 124 Å². The Labute approximate surface area is 173 Å². The lowest BCUT2D eigenvalue weighted by Gasteiger charge is -2.18. The third-order valence-corrected chi connectivity index (χ3v) is 4.77. The van der Waals surface area contributed by atoms with Crippen LogP contribution in [0.25, 0.3) is 22.0 Å². The molecule has 2 amide bonds. The van der Waals surface area contributed by atoms with Crippen LogP contribution in [0.15, 0.2) is 47.3 Å². The maximum Gasteiger partial charge on any atom is 0.326 e. The number of amides is 2. The number of carboxylic acids is 1. The maximum absolute atomic E-state index is 12.4. The van der Waals surface area contributed by atoms with Gasteiger partial charge in [0.05, 0.1) is 11.1 Å². The van der Waals surface area contributed by atoms with E-state index in [4.69, 9.17) is 0 Å². The van der Waals surface area contributed by atoms with Gasteiger partial charge < -0.3 is 15.7 Å². The number of benzene rings is 2. The predicted octanol–water partition coefficient (Wildman–Crippen LogP) is 3.52. The molecule has 0 aliphatic carbocycles. The highest BCUT2D eigenvalue weighted by Gasteiger charge is 2.21. The number of fused-ring (bicyclic) bond motifs is 1. The first-order chi connectivity index (χ1) is 14.3. The van der Waals surface area contributed by atoms with Crippen molar-refractivity contribution < 1.29 is 14.7 Å². The highest BCUT2D eigenvalue weighted by Crippen LogP contribution is 2.28. The number of anilines is 1. The van der Waals surface area contributed by atoms with Gasteiger partial charge in [-0.1, -0.05) is 44.2 Å². The number of aliphatic carboxylic acids is 1. The summed E-state index contributed by atoms with van der Waals surface area (Å²) in [6.45, 7) is 5.62. The summed E-state index contributed by atoms with van der Waals surface area (Å²) < 4.78 is 0. The second kappa shape index (κ2) is 8.77. The summed E-state index contributed by atoms with van der Waals surface area (Å²) in [6.07, 6.45) is 0.328. The van der Waals surface area contributed by atoms with Gasteiger partial charge in [0.15, 0.2) is 0 Å². The van der Waals surface area contributed by atoms with Crippen molar-refractivity contribution >= 4 is 28.5 Å². The number of aromatic nitrogens is 2. The number of hydrogen-bond donors (Lipinski definition) is 4. The molecule has 8 nitrogen and oxygen atoms in total. The van der Waals surface area contributed by atoms with E-state index in [1.165, 1.54) is 0 Å². The molecule has 2 aromatic carbocycles. The molecule has 0 bridgehead atoms. The van der Waals surface area contributed by atoms with Crippen molar-refractivity contribution in [2.24, 2.45) is 5.92 Å². The molecular weight excluding hydrogens is 384 g/mol. The Morgan fingerprint density at radius 2 is 1.83 bits per heavy atom. The van der Waals surface area contributed by atoms with Crippen molar-refractivity contribution in [3.8, 4) is 11.3 Å². The molecule has 3 rings (SSSR count). The van der Waals surface area contributed by atoms with Crippen LogP contribution in [0, 0.1) is 12.8 Å². The molecule has 1 aromatic heterocycles. The van der Waals surface area contributed by atoms with Gasteiger partial charge in [-0.05, 0) is 37.0 Å². The minimum absolute atomic E-state index is 0.121. The zero-order valence-electron chi connectivity index (χ0n) is 17.0. The monoisotopic (exact) mass is 408 g/mol. The van der Waals surface area contributed by atoms with Crippen LogP contribution in [0.4, 0.5) is 10.5 Å². The first-order valence-corrected chi connectivity index (χ1v) is 9.65. The number of nitrogens with zero attached hydrogens (tertiary/aromatic N) is 1. The average Bonchev–Trinajstić information content (AvgIpc) is 2.69. The number of aromatic amines is 1. The number of urea groups is 1. The highest BCUT2D eigenvalue weighted by atomic mass is 16.4. The van der Waals surface area contributed by atoms with Crippen LogP contribution in [-0.2, 0) is 4.79 Å². The molecule has 1 atom stereocenters. The summed E-state index contributed by atoms with van der Waals surface area (Å²) in [6, 6.07) is 11.0. The summed E-state index contributed by atoms with van der Waals surface area (Å²) in [7, 11) is 0. The lowest BCUT2D eigenvalue weighted by molar-refractivity contribution is -0.139. The third kappa shape index (κ3) is 4.65. The quantitative estimate of drug-likeness (QED) is 0.497. The van der Waals surface area contributed by atoms with Crippen molar-refractivity contribution in [1.29, 1.82) is 0 Å². The van der Waals surface area contributed by atoms with E-state index in [1.807, 2.05) is 45.0 Å². The van der Waals surface area contributed by atoms with Gasteiger partial charge in [0.25, 0.3) is 5.56 Å². The van der Waals surface area contributed by atoms with Crippen molar-refractivity contribution in [3.05, 3.63) is 58.4 Å². The van der Waals surface area contributed by atoms with Gasteiger partial charge >= 0.3 is 12.0 Å². The van der Waals surface area contributed by atoms with Crippen LogP contribution in [-0.4, -0.2) is 33.3 Å². The minimum Gasteiger partial charge on any atom is -0.480 e. The fourth-order valence-corrected chi connectivity index (χ4v) is 3.25. The number of carboxylic acid groups (broad SMARTS) is 1. The Kier molecular flexibility index (Phi) is 6.15. The number of nitrogens with one attached hydrogen (secondary N) is 3. The molecule has 3 aromatic rings. The SMILES string of the molecule is Cc1ccc(-c2n[nH]c(=O)c3ccccc23)cc1NC(=O)N[C@@H](CC(C)C)C(=O)O. The van der Waals surface area contributed by atoms with Crippen LogP contribution in [0.1, 0.15) is 25.8 Å². The molecule has 30 heavy (non-hydrogen) atoms. The second-order valence-corrected chi connectivity index (χ2v) is 7.60. The van der Waals surface area contributed by atoms with Crippen LogP contribution >= 0.6 is 0 Å². The Balaban J connectivity index is 1.90. The summed E-state index contributed by atoms with van der Waals surface area (Å²) in [5.74, 6) is -0.954. The zero-order chi connectivity index (χ0) is 21.8. The molecule has 0 radical (unpaired) electrons. The molecule has 1 heterocycles. The highest BCUT2D eigenvalue weighted by molar-refractivity contribution is 5.96. The van der Waals surface area contributed by atoms with E-state index in [2.05, 4.69) is 20.8 Å². The normalized spacial score (nSPS) is 12.0. The van der Waals surface area contributed by atoms with E-state index >= 15 is 0 Å². The third-order valence-electron chi connectivity index (χ3n) is 4.77. The minimum atomic E-state index is -1.08. The number of aryl methyl sites for hydroxylation is 1. The Morgan fingerprint density at radius 3 is 2.50 bits per heavy atom. The van der Waals surface area contributed by atoms with E-state index in [1.54, 1.807) is 18.2 Å². The van der Waals surface area contributed by atoms with Crippen LogP contribution in [0.5, 0.6) is 0 Å². The standard InChI is InChI=1S/C22H24N4O4/c1-12(2)10-18(21(28)29)24-22(30)23-17-11-14(9-8-13(17)3)19-15-6-4-5-7-16(15)20(27)26-25-19/h4-9,11-12,18H,10H2,1-3H3,(H,26,27)(H,28,29)(H2,23,24,30)/t18-/m0/s1. The van der Waals surface area contributed by atoms with Crippen LogP contribution < -0.4 is 16.2 Å². The average molecular weight is 408 g/mol. The lowest BCUT2D eigenvalue weighted by atomic mass is 10.0. The van der Waals surface area contributed by atoms with Crippen molar-refractivity contribution in [3.63, 3.8) is 0 Å². The van der Waals surface area contributed by atoms with Gasteiger partial charge in [-0.15, -0.1) is 0 Å². The molecule has 0 fully saturated rings. The fourth-order valence-electron chi connectivity index (χ4n) is 3.25. The van der Waals surface area contributed by atoms with Gasteiger partial charge in [-0.25, -0.2) is 14.7 Å². The van der Waals surface area contributed by atoms with E-state index in [9.17, 15) is 19.5 Å².